The van der Waals surface area contributed by atoms with Crippen LogP contribution >= 0.6 is 0 Å². The molecule has 8 heteroatoms. The van der Waals surface area contributed by atoms with Gasteiger partial charge in [-0.25, -0.2) is 29.6 Å². The second-order valence-corrected chi connectivity index (χ2v) is 12.4. The third-order valence-electron chi connectivity index (χ3n) is 9.29. The molecule has 0 radical (unpaired) electrons. The van der Waals surface area contributed by atoms with Crippen molar-refractivity contribution in [1.82, 2.24) is 0 Å². The van der Waals surface area contributed by atoms with Crippen LogP contribution in [0.4, 0.5) is 0 Å². The van der Waals surface area contributed by atoms with E-state index in [1.54, 1.807) is 24.3 Å². The molecule has 0 bridgehead atoms. The number of benzene rings is 6. The molecule has 0 spiro atoms. The average Bonchev–Trinajstić information content (AvgIpc) is 3.82. The quantitative estimate of drug-likeness (QED) is 0.161. The van der Waals surface area contributed by atoms with E-state index in [1.165, 1.54) is 24.3 Å². The lowest BCUT2D eigenvalue weighted by Gasteiger charge is -2.38. The second-order valence-electron chi connectivity index (χ2n) is 12.4. The van der Waals surface area contributed by atoms with Crippen LogP contribution in [0.3, 0.4) is 0 Å². The first-order chi connectivity index (χ1) is 25.4. The Labute approximate surface area is 299 Å². The van der Waals surface area contributed by atoms with Gasteiger partial charge in [0.25, 0.3) is 0 Å². The van der Waals surface area contributed by atoms with Gasteiger partial charge in [0.05, 0.1) is 34.0 Å². The van der Waals surface area contributed by atoms with Crippen LogP contribution in [0.25, 0.3) is 0 Å². The fraction of sp³-hybridized carbons (Fsp3) is 0.0455. The van der Waals surface area contributed by atoms with Crippen molar-refractivity contribution < 1.29 is 19.8 Å². The molecule has 2 heterocycles. The molecule has 6 aromatic rings. The Morgan fingerprint density at radius 2 is 0.577 bits per heavy atom. The van der Waals surface area contributed by atoms with E-state index in [-0.39, 0.29) is 11.1 Å². The van der Waals surface area contributed by atoms with Gasteiger partial charge in [0, 0.05) is 33.4 Å². The van der Waals surface area contributed by atoms with Crippen molar-refractivity contribution in [3.05, 3.63) is 214 Å². The molecule has 0 aromatic heterocycles. The summed E-state index contributed by atoms with van der Waals surface area (Å²) in [6.07, 6.45) is 0. The van der Waals surface area contributed by atoms with Crippen molar-refractivity contribution >= 4 is 34.8 Å². The van der Waals surface area contributed by atoms with Crippen molar-refractivity contribution in [3.8, 4) is 0 Å². The van der Waals surface area contributed by atoms with Crippen molar-refractivity contribution in [2.75, 3.05) is 0 Å². The fourth-order valence-corrected chi connectivity index (χ4v) is 6.76. The van der Waals surface area contributed by atoms with Crippen LogP contribution < -0.4 is 0 Å². The van der Waals surface area contributed by atoms with Gasteiger partial charge in [0.1, 0.15) is 0 Å². The number of aromatic carboxylic acids is 2. The summed E-state index contributed by atoms with van der Waals surface area (Å²) >= 11 is 0. The zero-order chi connectivity index (χ0) is 35.7. The van der Waals surface area contributed by atoms with E-state index in [1.807, 2.05) is 121 Å². The van der Waals surface area contributed by atoms with Crippen LogP contribution in [0.15, 0.2) is 190 Å². The zero-order valence-electron chi connectivity index (χ0n) is 27.7. The molecule has 0 amide bonds. The molecule has 0 saturated carbocycles. The van der Waals surface area contributed by atoms with Crippen molar-refractivity contribution in [3.63, 3.8) is 0 Å². The van der Waals surface area contributed by atoms with E-state index < -0.39 is 23.3 Å². The van der Waals surface area contributed by atoms with Crippen LogP contribution in [0.1, 0.15) is 54.1 Å². The lowest BCUT2D eigenvalue weighted by Crippen LogP contribution is -2.43. The van der Waals surface area contributed by atoms with Gasteiger partial charge in [-0.1, -0.05) is 146 Å². The maximum atomic E-state index is 12.1. The number of hydrogen-bond donors (Lipinski definition) is 2. The van der Waals surface area contributed by atoms with Gasteiger partial charge >= 0.3 is 11.9 Å². The predicted octanol–water partition coefficient (Wildman–Crippen LogP) is 8.07. The molecule has 2 aliphatic heterocycles. The Bertz CT molecular complexity index is 2140. The maximum absolute atomic E-state index is 12.1. The summed E-state index contributed by atoms with van der Waals surface area (Å²) in [4.78, 5) is 46.4. The van der Waals surface area contributed by atoms with E-state index >= 15 is 0 Å². The Balaban J connectivity index is 1.53. The topological polar surface area (TPSA) is 124 Å². The van der Waals surface area contributed by atoms with Crippen molar-refractivity contribution in [1.29, 1.82) is 0 Å². The maximum Gasteiger partial charge on any atom is 0.335 e. The highest BCUT2D eigenvalue weighted by Crippen LogP contribution is 2.54. The number of carbonyl (C=O) groups is 2. The van der Waals surface area contributed by atoms with Gasteiger partial charge in [0.15, 0.2) is 0 Å². The standard InChI is InChI=1S/C44H30N4O4/c49-41(50)33-21-25-35(26-22-33)43(45-37(29-13-5-1-6-14-29)38(46-43)30-15-7-2-8-16-30)44(36-27-23-34(24-28-36)42(51)52)47-39(31-17-9-3-10-18-31)40(48-44)32-19-11-4-12-20-32/h1-28H,(H,49,50)(H,51,52). The molecule has 8 rings (SSSR count). The van der Waals surface area contributed by atoms with Crippen LogP contribution in [0.2, 0.25) is 0 Å². The van der Waals surface area contributed by atoms with Crippen molar-refractivity contribution in [2.45, 2.75) is 11.3 Å². The van der Waals surface area contributed by atoms with Gasteiger partial charge in [-0.15, -0.1) is 0 Å². The summed E-state index contributed by atoms with van der Waals surface area (Å²) in [6.45, 7) is 0. The molecular weight excluding hydrogens is 649 g/mol. The SMILES string of the molecule is O=C(O)c1ccc(C2(C3(c4ccc(C(=O)O)cc4)N=C(c4ccccc4)C(c4ccccc4)=N3)N=C(c3ccccc3)C(c3ccccc3)=N2)cc1. The van der Waals surface area contributed by atoms with Crippen LogP contribution in [0.5, 0.6) is 0 Å². The minimum absolute atomic E-state index is 0.102. The van der Waals surface area contributed by atoms with Gasteiger partial charge in [-0.05, 0) is 24.3 Å². The highest BCUT2D eigenvalue weighted by molar-refractivity contribution is 6.55. The van der Waals surface area contributed by atoms with Crippen LogP contribution in [0, 0.1) is 0 Å². The molecule has 0 atom stereocenters. The summed E-state index contributed by atoms with van der Waals surface area (Å²) in [5, 5.41) is 19.7. The van der Waals surface area contributed by atoms with Gasteiger partial charge < -0.3 is 10.2 Å². The molecule has 0 unspecified atom stereocenters. The van der Waals surface area contributed by atoms with Gasteiger partial charge in [-0.2, -0.15) is 0 Å². The lowest BCUT2D eigenvalue weighted by atomic mass is 9.81. The number of nitrogens with zero attached hydrogens (tertiary/aromatic N) is 4. The number of aliphatic imine (C=N–C) groups is 4. The third kappa shape index (κ3) is 5.43. The molecule has 8 nitrogen and oxygen atoms in total. The van der Waals surface area contributed by atoms with E-state index in [0.717, 1.165) is 22.3 Å². The number of rotatable bonds is 9. The van der Waals surface area contributed by atoms with E-state index in [9.17, 15) is 19.8 Å². The monoisotopic (exact) mass is 678 g/mol. The summed E-state index contributed by atoms with van der Waals surface area (Å²) in [6, 6.07) is 52.1. The number of carboxylic acids is 2. The summed E-state index contributed by atoms with van der Waals surface area (Å²) < 4.78 is 0. The predicted molar refractivity (Wildman–Crippen MR) is 202 cm³/mol. The Morgan fingerprint density at radius 1 is 0.346 bits per heavy atom. The molecule has 250 valence electrons. The Morgan fingerprint density at radius 3 is 0.788 bits per heavy atom. The minimum Gasteiger partial charge on any atom is -0.478 e. The molecule has 0 saturated heterocycles. The van der Waals surface area contributed by atoms with E-state index in [0.29, 0.717) is 34.0 Å². The number of hydrogen-bond acceptors (Lipinski definition) is 6. The Hall–Kier alpha value is -7.06. The highest BCUT2D eigenvalue weighted by atomic mass is 16.4. The smallest absolute Gasteiger partial charge is 0.335 e. The molecule has 52 heavy (non-hydrogen) atoms. The van der Waals surface area contributed by atoms with E-state index in [2.05, 4.69) is 0 Å². The second kappa shape index (κ2) is 13.0. The average molecular weight is 679 g/mol. The zero-order valence-corrected chi connectivity index (χ0v) is 27.7. The van der Waals surface area contributed by atoms with Gasteiger partial charge in [-0.3, -0.25) is 0 Å². The summed E-state index contributed by atoms with van der Waals surface area (Å²) in [7, 11) is 0. The molecule has 0 aliphatic carbocycles. The largest absolute Gasteiger partial charge is 0.478 e. The van der Waals surface area contributed by atoms with Crippen LogP contribution in [-0.4, -0.2) is 45.0 Å². The summed E-state index contributed by atoms with van der Waals surface area (Å²) in [5.41, 5.74) is 3.74. The number of carboxylic acid groups (broad SMARTS) is 2. The fourth-order valence-electron chi connectivity index (χ4n) is 6.76. The van der Waals surface area contributed by atoms with E-state index in [4.69, 9.17) is 20.0 Å². The van der Waals surface area contributed by atoms with Crippen molar-refractivity contribution in [2.24, 2.45) is 20.0 Å². The van der Waals surface area contributed by atoms with Gasteiger partial charge in [0.2, 0.25) is 11.3 Å². The molecule has 0 fully saturated rings. The normalized spacial score (nSPS) is 15.6. The lowest BCUT2D eigenvalue weighted by molar-refractivity contribution is 0.0686. The Kier molecular flexibility index (Phi) is 8.04. The first kappa shape index (κ1) is 32.2. The highest BCUT2D eigenvalue weighted by Gasteiger charge is 2.60. The third-order valence-corrected chi connectivity index (χ3v) is 9.29. The van der Waals surface area contributed by atoms with Crippen LogP contribution in [-0.2, 0) is 11.3 Å². The molecule has 2 aliphatic rings. The molecule has 2 N–H and O–H groups in total. The first-order valence-electron chi connectivity index (χ1n) is 16.7. The summed E-state index contributed by atoms with van der Waals surface area (Å²) in [5.74, 6) is -2.13. The minimum atomic E-state index is -1.64. The first-order valence-corrected chi connectivity index (χ1v) is 16.7. The molecule has 6 aromatic carbocycles. The molecular formula is C44H30N4O4.